The highest BCUT2D eigenvalue weighted by atomic mass is 16.5. The van der Waals surface area contributed by atoms with Gasteiger partial charge in [0.25, 0.3) is 0 Å². The molecule has 2 amide bonds. The number of aromatic nitrogens is 1. The van der Waals surface area contributed by atoms with Crippen molar-refractivity contribution in [2.45, 2.75) is 12.6 Å². The first-order valence-electron chi connectivity index (χ1n) is 8.54. The maximum Gasteiger partial charge on any atom is 0.309 e. The third-order valence-electron chi connectivity index (χ3n) is 4.20. The molecule has 2 aromatic heterocycles. The Morgan fingerprint density at radius 1 is 1.15 bits per heavy atom. The molecule has 2 N–H and O–H groups in total. The Morgan fingerprint density at radius 3 is 2.65 bits per heavy atom. The topological polar surface area (TPSA) is 96.7 Å². The second-order valence-corrected chi connectivity index (χ2v) is 5.93. The molecule has 138 valence electrons. The zero-order valence-electron chi connectivity index (χ0n) is 14.4. The van der Waals surface area contributed by atoms with Gasteiger partial charge < -0.3 is 19.8 Å². The van der Waals surface area contributed by atoms with Crippen molar-refractivity contribution >= 4 is 11.8 Å². The number of hydrogen-bond donors (Lipinski definition) is 2. The van der Waals surface area contributed by atoms with Gasteiger partial charge in [-0.3, -0.25) is 19.5 Å². The summed E-state index contributed by atoms with van der Waals surface area (Å²) in [6, 6.07) is 7.15. The van der Waals surface area contributed by atoms with Crippen molar-refractivity contribution in [3.63, 3.8) is 0 Å². The van der Waals surface area contributed by atoms with E-state index in [0.29, 0.717) is 13.2 Å². The molecule has 1 aliphatic heterocycles. The van der Waals surface area contributed by atoms with Crippen LogP contribution < -0.4 is 10.6 Å². The number of ether oxygens (including phenoxy) is 1. The van der Waals surface area contributed by atoms with Crippen molar-refractivity contribution in [2.24, 2.45) is 0 Å². The fourth-order valence-corrected chi connectivity index (χ4v) is 2.81. The molecule has 1 aliphatic rings. The van der Waals surface area contributed by atoms with Gasteiger partial charge in [0.05, 0.1) is 25.5 Å². The van der Waals surface area contributed by atoms with Crippen LogP contribution in [0.2, 0.25) is 0 Å². The van der Waals surface area contributed by atoms with Crippen molar-refractivity contribution in [3.8, 4) is 0 Å². The molecule has 1 saturated heterocycles. The zero-order chi connectivity index (χ0) is 18.2. The number of carbonyl (C=O) groups is 2. The lowest BCUT2D eigenvalue weighted by atomic mass is 10.1. The molecular weight excluding hydrogens is 336 g/mol. The molecular formula is C18H22N4O4. The van der Waals surface area contributed by atoms with Crippen molar-refractivity contribution in [1.29, 1.82) is 0 Å². The molecule has 0 bridgehead atoms. The lowest BCUT2D eigenvalue weighted by Crippen LogP contribution is -2.46. The number of amides is 2. The predicted octanol–water partition coefficient (Wildman–Crippen LogP) is 0.480. The standard InChI is InChI=1S/C18H22N4O4/c23-17(20-12-14-3-1-5-19-11-14)18(24)21-13-15(16-4-2-8-26-16)22-6-9-25-10-7-22/h1-5,8,11,15H,6-7,9-10,12-13H2,(H,20,23)(H,21,24)/t15-/m0/s1. The SMILES string of the molecule is O=C(NCc1cccnc1)C(=O)NC[C@@H](c1ccco1)N1CCOCC1. The number of morpholine rings is 1. The monoisotopic (exact) mass is 358 g/mol. The normalized spacial score (nSPS) is 16.0. The summed E-state index contributed by atoms with van der Waals surface area (Å²) in [6.07, 6.45) is 4.90. The minimum absolute atomic E-state index is 0.135. The highest BCUT2D eigenvalue weighted by Crippen LogP contribution is 2.21. The van der Waals surface area contributed by atoms with E-state index < -0.39 is 11.8 Å². The van der Waals surface area contributed by atoms with Crippen LogP contribution in [0.5, 0.6) is 0 Å². The fraction of sp³-hybridized carbons (Fsp3) is 0.389. The van der Waals surface area contributed by atoms with E-state index in [4.69, 9.17) is 9.15 Å². The number of pyridine rings is 1. The Balaban J connectivity index is 1.52. The molecule has 0 saturated carbocycles. The summed E-state index contributed by atoms with van der Waals surface area (Å²) >= 11 is 0. The number of rotatable bonds is 6. The molecule has 3 rings (SSSR count). The Hall–Kier alpha value is -2.71. The molecule has 1 atom stereocenters. The number of hydrogen-bond acceptors (Lipinski definition) is 6. The van der Waals surface area contributed by atoms with E-state index in [1.807, 2.05) is 18.2 Å². The molecule has 2 aromatic rings. The molecule has 0 aromatic carbocycles. The van der Waals surface area contributed by atoms with E-state index in [2.05, 4.69) is 20.5 Å². The summed E-state index contributed by atoms with van der Waals surface area (Å²) < 4.78 is 10.9. The summed E-state index contributed by atoms with van der Waals surface area (Å²) in [6.45, 7) is 3.30. The first-order valence-corrected chi connectivity index (χ1v) is 8.54. The number of nitrogens with one attached hydrogen (secondary N) is 2. The molecule has 26 heavy (non-hydrogen) atoms. The van der Waals surface area contributed by atoms with Crippen LogP contribution in [0.15, 0.2) is 47.3 Å². The molecule has 0 radical (unpaired) electrons. The number of carbonyl (C=O) groups excluding carboxylic acids is 2. The van der Waals surface area contributed by atoms with Crippen LogP contribution in [0.1, 0.15) is 17.4 Å². The summed E-state index contributed by atoms with van der Waals surface area (Å²) in [7, 11) is 0. The molecule has 0 unspecified atom stereocenters. The highest BCUT2D eigenvalue weighted by molar-refractivity contribution is 6.35. The Labute approximate surface area is 151 Å². The van der Waals surface area contributed by atoms with Crippen molar-refractivity contribution in [3.05, 3.63) is 54.2 Å². The molecule has 0 spiro atoms. The quantitative estimate of drug-likeness (QED) is 0.729. The van der Waals surface area contributed by atoms with Gasteiger partial charge in [-0.15, -0.1) is 0 Å². The molecule has 3 heterocycles. The lowest BCUT2D eigenvalue weighted by Gasteiger charge is -2.33. The lowest BCUT2D eigenvalue weighted by molar-refractivity contribution is -0.139. The average molecular weight is 358 g/mol. The van der Waals surface area contributed by atoms with Gasteiger partial charge in [-0.1, -0.05) is 6.07 Å². The van der Waals surface area contributed by atoms with Crippen LogP contribution >= 0.6 is 0 Å². The number of furan rings is 1. The largest absolute Gasteiger partial charge is 0.468 e. The van der Waals surface area contributed by atoms with E-state index in [1.54, 1.807) is 24.7 Å². The minimum atomic E-state index is -0.672. The van der Waals surface area contributed by atoms with Crippen molar-refractivity contribution in [1.82, 2.24) is 20.5 Å². The molecule has 1 fully saturated rings. The van der Waals surface area contributed by atoms with E-state index in [-0.39, 0.29) is 19.1 Å². The van der Waals surface area contributed by atoms with E-state index in [0.717, 1.165) is 24.4 Å². The summed E-state index contributed by atoms with van der Waals surface area (Å²) in [5.41, 5.74) is 0.829. The maximum absolute atomic E-state index is 12.1. The highest BCUT2D eigenvalue weighted by Gasteiger charge is 2.26. The zero-order valence-corrected chi connectivity index (χ0v) is 14.4. The van der Waals surface area contributed by atoms with Gasteiger partial charge in [-0.25, -0.2) is 0 Å². The van der Waals surface area contributed by atoms with Crippen LogP contribution in [-0.4, -0.2) is 54.5 Å². The predicted molar refractivity (Wildman–Crippen MR) is 92.9 cm³/mol. The summed E-state index contributed by atoms with van der Waals surface area (Å²) in [4.78, 5) is 30.2. The van der Waals surface area contributed by atoms with E-state index in [1.165, 1.54) is 0 Å². The van der Waals surface area contributed by atoms with E-state index >= 15 is 0 Å². The van der Waals surface area contributed by atoms with Crippen LogP contribution in [0, 0.1) is 0 Å². The maximum atomic E-state index is 12.1. The van der Waals surface area contributed by atoms with Gasteiger partial charge in [0.2, 0.25) is 0 Å². The first kappa shape index (κ1) is 18.1. The molecule has 8 nitrogen and oxygen atoms in total. The summed E-state index contributed by atoms with van der Waals surface area (Å²) in [5.74, 6) is -0.587. The van der Waals surface area contributed by atoms with Crippen LogP contribution in [0.25, 0.3) is 0 Å². The third kappa shape index (κ3) is 4.90. The average Bonchev–Trinajstić information content (AvgIpc) is 3.22. The van der Waals surface area contributed by atoms with Crippen LogP contribution in [-0.2, 0) is 20.9 Å². The first-order chi connectivity index (χ1) is 12.7. The van der Waals surface area contributed by atoms with Gasteiger partial charge >= 0.3 is 11.8 Å². The van der Waals surface area contributed by atoms with E-state index in [9.17, 15) is 9.59 Å². The van der Waals surface area contributed by atoms with Crippen LogP contribution in [0.4, 0.5) is 0 Å². The summed E-state index contributed by atoms with van der Waals surface area (Å²) in [5, 5.41) is 5.28. The van der Waals surface area contributed by atoms with Crippen molar-refractivity contribution in [2.75, 3.05) is 32.8 Å². The Bertz CT molecular complexity index is 699. The Morgan fingerprint density at radius 2 is 1.96 bits per heavy atom. The third-order valence-corrected chi connectivity index (χ3v) is 4.20. The van der Waals surface area contributed by atoms with Gasteiger partial charge in [-0.2, -0.15) is 0 Å². The second kappa shape index (κ2) is 9.12. The fourth-order valence-electron chi connectivity index (χ4n) is 2.81. The van der Waals surface area contributed by atoms with Gasteiger partial charge in [-0.05, 0) is 23.8 Å². The van der Waals surface area contributed by atoms with Gasteiger partial charge in [0.1, 0.15) is 5.76 Å². The minimum Gasteiger partial charge on any atom is -0.468 e. The number of nitrogens with zero attached hydrogens (tertiary/aromatic N) is 2. The molecule has 8 heteroatoms. The van der Waals surface area contributed by atoms with Crippen molar-refractivity contribution < 1.29 is 18.7 Å². The van der Waals surface area contributed by atoms with Crippen LogP contribution in [0.3, 0.4) is 0 Å². The second-order valence-electron chi connectivity index (χ2n) is 5.93. The molecule has 0 aliphatic carbocycles. The van der Waals surface area contributed by atoms with Gasteiger partial charge in [0.15, 0.2) is 0 Å². The Kier molecular flexibility index (Phi) is 6.34. The smallest absolute Gasteiger partial charge is 0.309 e. The van der Waals surface area contributed by atoms with Gasteiger partial charge in [0, 0.05) is 38.6 Å².